The van der Waals surface area contributed by atoms with Crippen molar-refractivity contribution in [1.82, 2.24) is 29.8 Å². The molecule has 2 aromatic heterocycles. The van der Waals surface area contributed by atoms with Crippen LogP contribution in [0.25, 0.3) is 0 Å². The van der Waals surface area contributed by atoms with Gasteiger partial charge in [-0.3, -0.25) is 4.79 Å². The summed E-state index contributed by atoms with van der Waals surface area (Å²) in [4.78, 5) is 16.3. The number of tetrazole rings is 1. The minimum absolute atomic E-state index is 0.00588. The number of nitrogens with one attached hydrogen (secondary N) is 1. The van der Waals surface area contributed by atoms with E-state index in [0.29, 0.717) is 19.4 Å². The van der Waals surface area contributed by atoms with Gasteiger partial charge in [-0.15, -0.1) is 5.10 Å². The molecule has 0 saturated heterocycles. The Hall–Kier alpha value is -2.25. The predicted molar refractivity (Wildman–Crippen MR) is 70.8 cm³/mol. The van der Waals surface area contributed by atoms with E-state index in [-0.39, 0.29) is 5.91 Å². The molecule has 0 radical (unpaired) electrons. The zero-order valence-electron chi connectivity index (χ0n) is 11.2. The van der Waals surface area contributed by atoms with Crippen molar-refractivity contribution in [1.29, 1.82) is 0 Å². The van der Waals surface area contributed by atoms with Crippen molar-refractivity contribution in [3.05, 3.63) is 18.3 Å². The lowest BCUT2D eigenvalue weighted by Gasteiger charge is -2.16. The van der Waals surface area contributed by atoms with Crippen molar-refractivity contribution < 1.29 is 4.79 Å². The van der Waals surface area contributed by atoms with E-state index in [4.69, 9.17) is 0 Å². The normalized spacial score (nSPS) is 14.0. The van der Waals surface area contributed by atoms with Gasteiger partial charge in [0.1, 0.15) is 18.0 Å². The van der Waals surface area contributed by atoms with Crippen LogP contribution in [0.4, 0.5) is 5.82 Å². The van der Waals surface area contributed by atoms with Gasteiger partial charge in [-0.2, -0.15) is 0 Å². The Morgan fingerprint density at radius 2 is 2.35 bits per heavy atom. The molecule has 0 saturated carbocycles. The summed E-state index contributed by atoms with van der Waals surface area (Å²) in [5, 5.41) is 13.8. The lowest BCUT2D eigenvalue weighted by atomic mass is 10.2. The fourth-order valence-corrected chi connectivity index (χ4v) is 2.41. The number of imidazole rings is 1. The smallest absolute Gasteiger partial charge is 0.225 e. The summed E-state index contributed by atoms with van der Waals surface area (Å²) in [6, 6.07) is 0. The Morgan fingerprint density at radius 1 is 1.40 bits per heavy atom. The number of hydrogen-bond donors (Lipinski definition) is 1. The zero-order chi connectivity index (χ0) is 13.8. The SMILES string of the molecule is O=C(CCCn1cnnn1)Nc1cnc2n1CCCC2. The second-order valence-corrected chi connectivity index (χ2v) is 4.89. The maximum absolute atomic E-state index is 11.9. The summed E-state index contributed by atoms with van der Waals surface area (Å²) in [5.74, 6) is 1.89. The Kier molecular flexibility index (Phi) is 3.71. The fraction of sp³-hybridized carbons (Fsp3) is 0.583. The third-order valence-corrected chi connectivity index (χ3v) is 3.42. The summed E-state index contributed by atoms with van der Waals surface area (Å²) < 4.78 is 3.72. The number of hydrogen-bond acceptors (Lipinski definition) is 5. The van der Waals surface area contributed by atoms with Gasteiger partial charge < -0.3 is 9.88 Å². The van der Waals surface area contributed by atoms with E-state index < -0.39 is 0 Å². The second kappa shape index (κ2) is 5.81. The molecule has 2 aromatic rings. The van der Waals surface area contributed by atoms with Gasteiger partial charge in [0.15, 0.2) is 0 Å². The molecule has 106 valence electrons. The van der Waals surface area contributed by atoms with E-state index in [1.165, 1.54) is 6.42 Å². The molecule has 0 spiro atoms. The molecule has 8 heteroatoms. The number of aryl methyl sites for hydroxylation is 2. The van der Waals surface area contributed by atoms with Crippen LogP contribution in [0.3, 0.4) is 0 Å². The van der Waals surface area contributed by atoms with Crippen LogP contribution >= 0.6 is 0 Å². The molecule has 20 heavy (non-hydrogen) atoms. The number of aromatic nitrogens is 6. The number of fused-ring (bicyclic) bond motifs is 1. The van der Waals surface area contributed by atoms with E-state index in [1.807, 2.05) is 0 Å². The minimum atomic E-state index is 0.00588. The lowest BCUT2D eigenvalue weighted by molar-refractivity contribution is -0.116. The number of carbonyl (C=O) groups is 1. The molecule has 8 nitrogen and oxygen atoms in total. The first-order valence-corrected chi connectivity index (χ1v) is 6.88. The van der Waals surface area contributed by atoms with Crippen LogP contribution < -0.4 is 5.32 Å². The highest BCUT2D eigenvalue weighted by atomic mass is 16.1. The number of carbonyl (C=O) groups excluding carboxylic acids is 1. The summed E-state index contributed by atoms with van der Waals surface area (Å²) in [5.41, 5.74) is 0. The molecule has 3 heterocycles. The highest BCUT2D eigenvalue weighted by Gasteiger charge is 2.15. The topological polar surface area (TPSA) is 90.5 Å². The molecule has 3 rings (SSSR count). The van der Waals surface area contributed by atoms with Gasteiger partial charge in [-0.25, -0.2) is 9.67 Å². The highest BCUT2D eigenvalue weighted by Crippen LogP contribution is 2.19. The molecule has 1 aliphatic heterocycles. The van der Waals surface area contributed by atoms with Crippen LogP contribution in [-0.2, 0) is 24.3 Å². The van der Waals surface area contributed by atoms with E-state index >= 15 is 0 Å². The molecule has 1 aliphatic rings. The van der Waals surface area contributed by atoms with Crippen molar-refractivity contribution in [3.63, 3.8) is 0 Å². The third-order valence-electron chi connectivity index (χ3n) is 3.42. The standard InChI is InChI=1S/C12H17N7O/c20-12(5-3-6-18-9-14-16-17-18)15-11-8-13-10-4-1-2-7-19(10)11/h8-9H,1-7H2,(H,15,20). The third kappa shape index (κ3) is 2.84. The first kappa shape index (κ1) is 12.8. The maximum atomic E-state index is 11.9. The van der Waals surface area contributed by atoms with Crippen molar-refractivity contribution in [2.75, 3.05) is 5.32 Å². The fourth-order valence-electron chi connectivity index (χ4n) is 2.41. The predicted octanol–water partition coefficient (Wildman–Crippen LogP) is 0.625. The van der Waals surface area contributed by atoms with Crippen LogP contribution in [-0.4, -0.2) is 35.7 Å². The van der Waals surface area contributed by atoms with E-state index in [9.17, 15) is 4.79 Å². The van der Waals surface area contributed by atoms with Crippen molar-refractivity contribution in [2.45, 2.75) is 45.2 Å². The Labute approximate surface area is 116 Å². The first-order chi connectivity index (χ1) is 9.83. The van der Waals surface area contributed by atoms with Gasteiger partial charge in [0, 0.05) is 25.9 Å². The average molecular weight is 275 g/mol. The van der Waals surface area contributed by atoms with Gasteiger partial charge >= 0.3 is 0 Å². The second-order valence-electron chi connectivity index (χ2n) is 4.89. The van der Waals surface area contributed by atoms with Crippen molar-refractivity contribution >= 4 is 11.7 Å². The first-order valence-electron chi connectivity index (χ1n) is 6.88. The van der Waals surface area contributed by atoms with Gasteiger partial charge in [-0.05, 0) is 29.7 Å². The van der Waals surface area contributed by atoms with Crippen molar-refractivity contribution in [2.24, 2.45) is 0 Å². The van der Waals surface area contributed by atoms with Gasteiger partial charge in [0.2, 0.25) is 5.91 Å². The number of rotatable bonds is 5. The molecular weight excluding hydrogens is 258 g/mol. The summed E-state index contributed by atoms with van der Waals surface area (Å²) in [6.07, 6.45) is 7.76. The number of anilines is 1. The molecule has 0 bridgehead atoms. The molecule has 0 aromatic carbocycles. The molecule has 0 aliphatic carbocycles. The Morgan fingerprint density at radius 3 is 3.20 bits per heavy atom. The molecule has 0 fully saturated rings. The van der Waals surface area contributed by atoms with Crippen LogP contribution in [0.2, 0.25) is 0 Å². The zero-order valence-corrected chi connectivity index (χ0v) is 11.2. The van der Waals surface area contributed by atoms with E-state index in [1.54, 1.807) is 17.2 Å². The Bertz CT molecular complexity index is 575. The average Bonchev–Trinajstić information content (AvgIpc) is 3.09. The van der Waals surface area contributed by atoms with Crippen LogP contribution in [0.5, 0.6) is 0 Å². The van der Waals surface area contributed by atoms with Gasteiger partial charge in [-0.1, -0.05) is 0 Å². The molecule has 0 unspecified atom stereocenters. The van der Waals surface area contributed by atoms with Crippen LogP contribution in [0.15, 0.2) is 12.5 Å². The quantitative estimate of drug-likeness (QED) is 0.864. The summed E-state index contributed by atoms with van der Waals surface area (Å²) in [7, 11) is 0. The van der Waals surface area contributed by atoms with E-state index in [2.05, 4.69) is 30.4 Å². The van der Waals surface area contributed by atoms with Gasteiger partial charge in [0.25, 0.3) is 0 Å². The monoisotopic (exact) mass is 275 g/mol. The molecule has 1 amide bonds. The molecule has 1 N–H and O–H groups in total. The van der Waals surface area contributed by atoms with Crippen molar-refractivity contribution in [3.8, 4) is 0 Å². The molecular formula is C12H17N7O. The molecule has 0 atom stereocenters. The number of amides is 1. The number of nitrogens with zero attached hydrogens (tertiary/aromatic N) is 6. The summed E-state index contributed by atoms with van der Waals surface area (Å²) >= 11 is 0. The highest BCUT2D eigenvalue weighted by molar-refractivity contribution is 5.89. The van der Waals surface area contributed by atoms with Crippen LogP contribution in [0, 0.1) is 0 Å². The van der Waals surface area contributed by atoms with Crippen LogP contribution in [0.1, 0.15) is 31.5 Å². The van der Waals surface area contributed by atoms with Gasteiger partial charge in [0.05, 0.1) is 6.20 Å². The maximum Gasteiger partial charge on any atom is 0.225 e. The Balaban J connectivity index is 1.50. The summed E-state index contributed by atoms with van der Waals surface area (Å²) in [6.45, 7) is 1.58. The van der Waals surface area contributed by atoms with E-state index in [0.717, 1.165) is 31.0 Å². The lowest BCUT2D eigenvalue weighted by Crippen LogP contribution is -2.18. The minimum Gasteiger partial charge on any atom is -0.315 e. The largest absolute Gasteiger partial charge is 0.315 e.